The van der Waals surface area contributed by atoms with Crippen LogP contribution in [0.4, 0.5) is 0 Å². The summed E-state index contributed by atoms with van der Waals surface area (Å²) < 4.78 is 0. The number of rotatable bonds is 9. The van der Waals surface area contributed by atoms with Gasteiger partial charge in [-0.15, -0.1) is 0 Å². The van der Waals surface area contributed by atoms with Gasteiger partial charge in [0.1, 0.15) is 5.54 Å². The van der Waals surface area contributed by atoms with Crippen LogP contribution in [0.15, 0.2) is 0 Å². The largest absolute Gasteiger partial charge is 0.480 e. The molecule has 4 heteroatoms. The maximum atomic E-state index is 11.5. The Morgan fingerprint density at radius 1 is 1.33 bits per heavy atom. The highest BCUT2D eigenvalue weighted by atomic mass is 16.4. The van der Waals surface area contributed by atoms with Crippen LogP contribution in [0.3, 0.4) is 0 Å². The molecule has 0 amide bonds. The molecule has 1 aliphatic rings. The molecule has 1 aliphatic heterocycles. The average molecular weight is 298 g/mol. The summed E-state index contributed by atoms with van der Waals surface area (Å²) in [6, 6.07) is 0. The summed E-state index contributed by atoms with van der Waals surface area (Å²) in [5.74, 6) is 0.192. The van der Waals surface area contributed by atoms with E-state index >= 15 is 0 Å². The van der Waals surface area contributed by atoms with Gasteiger partial charge in [0.15, 0.2) is 0 Å². The van der Waals surface area contributed by atoms with Gasteiger partial charge < -0.3 is 15.3 Å². The summed E-state index contributed by atoms with van der Waals surface area (Å²) in [6.45, 7) is 7.64. The first-order valence-electron chi connectivity index (χ1n) is 8.72. The molecule has 2 unspecified atom stereocenters. The van der Waals surface area contributed by atoms with E-state index in [4.69, 9.17) is 0 Å². The van der Waals surface area contributed by atoms with Crippen molar-refractivity contribution in [3.05, 3.63) is 0 Å². The van der Waals surface area contributed by atoms with Crippen LogP contribution < -0.4 is 5.32 Å². The van der Waals surface area contributed by atoms with Gasteiger partial charge in [-0.25, -0.2) is 0 Å². The summed E-state index contributed by atoms with van der Waals surface area (Å²) >= 11 is 0. The molecule has 2 N–H and O–H groups in total. The van der Waals surface area contributed by atoms with E-state index in [0.717, 1.165) is 18.9 Å². The van der Waals surface area contributed by atoms with Crippen molar-refractivity contribution < 1.29 is 9.90 Å². The van der Waals surface area contributed by atoms with Crippen LogP contribution in [0.5, 0.6) is 0 Å². The zero-order chi connectivity index (χ0) is 15.7. The molecule has 0 aromatic rings. The molecule has 0 aromatic carbocycles. The molecule has 0 radical (unpaired) electrons. The van der Waals surface area contributed by atoms with Gasteiger partial charge in [0, 0.05) is 0 Å². The minimum atomic E-state index is -0.739. The number of carbonyl (C=O) groups is 1. The van der Waals surface area contributed by atoms with Gasteiger partial charge in [0.2, 0.25) is 0 Å². The molecular weight excluding hydrogens is 264 g/mol. The Hall–Kier alpha value is -0.610. The highest BCUT2D eigenvalue weighted by Crippen LogP contribution is 2.23. The topological polar surface area (TPSA) is 52.6 Å². The number of hydrogen-bond acceptors (Lipinski definition) is 3. The number of nitrogens with zero attached hydrogens (tertiary/aromatic N) is 1. The molecule has 21 heavy (non-hydrogen) atoms. The monoisotopic (exact) mass is 298 g/mol. The Balaban J connectivity index is 2.36. The molecular formula is C17H34N2O2. The van der Waals surface area contributed by atoms with Gasteiger partial charge in [0.25, 0.3) is 0 Å². The van der Waals surface area contributed by atoms with Gasteiger partial charge in [0.05, 0.1) is 0 Å². The lowest BCUT2D eigenvalue weighted by atomic mass is 9.90. The first-order valence-corrected chi connectivity index (χ1v) is 8.72. The smallest absolute Gasteiger partial charge is 0.323 e. The SMILES string of the molecule is CCCC1CCCN(CCCC(CC)(NC)C(=O)O)CC1. The zero-order valence-electron chi connectivity index (χ0n) is 14.2. The highest BCUT2D eigenvalue weighted by molar-refractivity contribution is 5.78. The summed E-state index contributed by atoms with van der Waals surface area (Å²) in [7, 11) is 1.76. The fraction of sp³-hybridized carbons (Fsp3) is 0.941. The number of carboxylic acids is 1. The summed E-state index contributed by atoms with van der Waals surface area (Å²) in [5.41, 5.74) is -0.739. The number of hydrogen-bond donors (Lipinski definition) is 2. The maximum Gasteiger partial charge on any atom is 0.323 e. The Morgan fingerprint density at radius 2 is 2.10 bits per heavy atom. The Morgan fingerprint density at radius 3 is 2.67 bits per heavy atom. The van der Waals surface area contributed by atoms with Crippen LogP contribution in [0.25, 0.3) is 0 Å². The van der Waals surface area contributed by atoms with E-state index in [0.29, 0.717) is 12.8 Å². The normalized spacial score (nSPS) is 23.5. The third-order valence-corrected chi connectivity index (χ3v) is 5.21. The quantitative estimate of drug-likeness (QED) is 0.687. The van der Waals surface area contributed by atoms with E-state index in [2.05, 4.69) is 17.1 Å². The van der Waals surface area contributed by atoms with E-state index in [1.165, 1.54) is 45.2 Å². The van der Waals surface area contributed by atoms with Crippen molar-refractivity contribution in [3.63, 3.8) is 0 Å². The third-order valence-electron chi connectivity index (χ3n) is 5.21. The van der Waals surface area contributed by atoms with Gasteiger partial charge in [-0.1, -0.05) is 26.7 Å². The molecule has 1 saturated heterocycles. The number of aliphatic carboxylic acids is 1. The van der Waals surface area contributed by atoms with Gasteiger partial charge >= 0.3 is 5.97 Å². The predicted molar refractivity (Wildman–Crippen MR) is 87.6 cm³/mol. The van der Waals surface area contributed by atoms with Crippen LogP contribution in [0, 0.1) is 5.92 Å². The second-order valence-corrected chi connectivity index (χ2v) is 6.52. The lowest BCUT2D eigenvalue weighted by molar-refractivity contribution is -0.145. The molecule has 0 aliphatic carbocycles. The van der Waals surface area contributed by atoms with Crippen LogP contribution in [-0.4, -0.2) is 48.2 Å². The van der Waals surface area contributed by atoms with E-state index in [1.807, 2.05) is 6.92 Å². The summed E-state index contributed by atoms with van der Waals surface area (Å²) in [6.07, 6.45) is 8.96. The van der Waals surface area contributed by atoms with Crippen molar-refractivity contribution in [2.75, 3.05) is 26.7 Å². The van der Waals surface area contributed by atoms with E-state index in [-0.39, 0.29) is 0 Å². The minimum absolute atomic E-state index is 0.636. The molecule has 4 nitrogen and oxygen atoms in total. The number of carboxylic acid groups (broad SMARTS) is 1. The molecule has 0 spiro atoms. The van der Waals surface area contributed by atoms with Crippen LogP contribution in [0.2, 0.25) is 0 Å². The van der Waals surface area contributed by atoms with Gasteiger partial charge in [-0.3, -0.25) is 4.79 Å². The summed E-state index contributed by atoms with van der Waals surface area (Å²) in [4.78, 5) is 14.0. The fourth-order valence-electron chi connectivity index (χ4n) is 3.59. The van der Waals surface area contributed by atoms with Gasteiger partial charge in [-0.2, -0.15) is 0 Å². The molecule has 0 bridgehead atoms. The molecule has 0 saturated carbocycles. The van der Waals surface area contributed by atoms with E-state index in [1.54, 1.807) is 7.05 Å². The highest BCUT2D eigenvalue weighted by Gasteiger charge is 2.34. The van der Waals surface area contributed by atoms with Crippen LogP contribution >= 0.6 is 0 Å². The Kier molecular flexibility index (Phi) is 8.27. The van der Waals surface area contributed by atoms with Crippen LogP contribution in [-0.2, 0) is 4.79 Å². The molecule has 1 rings (SSSR count). The van der Waals surface area contributed by atoms with Crippen molar-refractivity contribution in [2.45, 2.75) is 70.8 Å². The van der Waals surface area contributed by atoms with Crippen molar-refractivity contribution in [3.8, 4) is 0 Å². The zero-order valence-corrected chi connectivity index (χ0v) is 14.2. The third kappa shape index (κ3) is 5.59. The van der Waals surface area contributed by atoms with Crippen molar-refractivity contribution >= 4 is 5.97 Å². The van der Waals surface area contributed by atoms with E-state index in [9.17, 15) is 9.90 Å². The number of likely N-dealkylation sites (N-methyl/N-ethyl adjacent to an activating group) is 1. The molecule has 2 atom stereocenters. The fourth-order valence-corrected chi connectivity index (χ4v) is 3.59. The molecule has 1 heterocycles. The average Bonchev–Trinajstić information content (AvgIpc) is 2.70. The number of nitrogens with one attached hydrogen (secondary N) is 1. The standard InChI is InChI=1S/C17H34N2O2/c1-4-8-15-9-6-12-19(14-10-15)13-7-11-17(5-2,18-3)16(20)21/h15,18H,4-14H2,1-3H3,(H,20,21). The lowest BCUT2D eigenvalue weighted by Crippen LogP contribution is -2.50. The van der Waals surface area contributed by atoms with Crippen molar-refractivity contribution in [2.24, 2.45) is 5.92 Å². The first-order chi connectivity index (χ1) is 10.1. The second-order valence-electron chi connectivity index (χ2n) is 6.52. The maximum absolute atomic E-state index is 11.5. The molecule has 0 aromatic heterocycles. The molecule has 124 valence electrons. The Bertz CT molecular complexity index is 303. The van der Waals surface area contributed by atoms with Crippen molar-refractivity contribution in [1.29, 1.82) is 0 Å². The van der Waals surface area contributed by atoms with Gasteiger partial charge in [-0.05, 0) is 71.1 Å². The summed E-state index contributed by atoms with van der Waals surface area (Å²) in [5, 5.41) is 12.4. The lowest BCUT2D eigenvalue weighted by Gasteiger charge is -2.29. The molecule has 1 fully saturated rings. The van der Waals surface area contributed by atoms with Crippen LogP contribution in [0.1, 0.15) is 65.2 Å². The minimum Gasteiger partial charge on any atom is -0.480 e. The van der Waals surface area contributed by atoms with Crippen molar-refractivity contribution in [1.82, 2.24) is 10.2 Å². The first kappa shape index (κ1) is 18.4. The number of likely N-dealkylation sites (tertiary alicyclic amines) is 1. The Labute approximate surface area is 130 Å². The second kappa shape index (κ2) is 9.42. The van der Waals surface area contributed by atoms with E-state index < -0.39 is 11.5 Å². The predicted octanol–water partition coefficient (Wildman–Crippen LogP) is 3.12.